The van der Waals surface area contributed by atoms with E-state index < -0.39 is 0 Å². The molecule has 1 heterocycles. The van der Waals surface area contributed by atoms with E-state index in [-0.39, 0.29) is 23.9 Å². The molecule has 4 nitrogen and oxygen atoms in total. The molecule has 1 aromatic rings. The summed E-state index contributed by atoms with van der Waals surface area (Å²) in [5.74, 6) is 0.0118. The largest absolute Gasteiger partial charge is 0.394 e. The molecule has 0 bridgehead atoms. The van der Waals surface area contributed by atoms with Crippen LogP contribution in [0.25, 0.3) is 0 Å². The zero-order chi connectivity index (χ0) is 15.4. The number of nitrogens with zero attached hydrogens (tertiary/aromatic N) is 1. The Labute approximate surface area is 138 Å². The summed E-state index contributed by atoms with van der Waals surface area (Å²) in [5.41, 5.74) is 0. The molecule has 21 heavy (non-hydrogen) atoms. The topological polar surface area (TPSA) is 49.8 Å². The molecule has 0 spiro atoms. The zero-order valence-corrected chi connectivity index (χ0v) is 13.9. The number of carbonyl (C=O) groups excluding carboxylic acids is 1. The van der Waals surface area contributed by atoms with Crippen molar-refractivity contribution in [3.63, 3.8) is 0 Å². The van der Waals surface area contributed by atoms with Crippen molar-refractivity contribution in [1.82, 2.24) is 4.90 Å². The lowest BCUT2D eigenvalue weighted by Crippen LogP contribution is -2.49. The van der Waals surface area contributed by atoms with Crippen molar-refractivity contribution < 1.29 is 14.6 Å². The van der Waals surface area contributed by atoms with Crippen LogP contribution in [-0.2, 0) is 9.53 Å². The van der Waals surface area contributed by atoms with Gasteiger partial charge in [-0.1, -0.05) is 23.2 Å². The number of carbonyl (C=O) groups is 1. The van der Waals surface area contributed by atoms with Gasteiger partial charge in [-0.3, -0.25) is 4.79 Å². The van der Waals surface area contributed by atoms with E-state index in [1.165, 1.54) is 11.8 Å². The Balaban J connectivity index is 2.00. The van der Waals surface area contributed by atoms with Gasteiger partial charge >= 0.3 is 0 Å². The van der Waals surface area contributed by atoms with Crippen molar-refractivity contribution in [3.05, 3.63) is 28.2 Å². The van der Waals surface area contributed by atoms with Crippen molar-refractivity contribution >= 4 is 40.9 Å². The second kappa shape index (κ2) is 7.70. The summed E-state index contributed by atoms with van der Waals surface area (Å²) in [6, 6.07) is 5.20. The lowest BCUT2D eigenvalue weighted by molar-refractivity contribution is -0.139. The van der Waals surface area contributed by atoms with Crippen LogP contribution in [0.4, 0.5) is 0 Å². The second-order valence-electron chi connectivity index (χ2n) is 4.79. The molecule has 116 valence electrons. The average Bonchev–Trinajstić information content (AvgIpc) is 2.50. The Morgan fingerprint density at radius 2 is 2.33 bits per heavy atom. The minimum Gasteiger partial charge on any atom is -0.394 e. The van der Waals surface area contributed by atoms with Gasteiger partial charge in [0.1, 0.15) is 0 Å². The number of amides is 1. The van der Waals surface area contributed by atoms with E-state index in [0.29, 0.717) is 29.7 Å². The first-order valence-electron chi connectivity index (χ1n) is 6.64. The summed E-state index contributed by atoms with van der Waals surface area (Å²) < 4.78 is 5.35. The van der Waals surface area contributed by atoms with Crippen molar-refractivity contribution in [2.24, 2.45) is 0 Å². The van der Waals surface area contributed by atoms with Crippen molar-refractivity contribution in [2.75, 3.05) is 26.3 Å². The van der Waals surface area contributed by atoms with Crippen LogP contribution in [0.3, 0.4) is 0 Å². The summed E-state index contributed by atoms with van der Waals surface area (Å²) in [7, 11) is 0. The molecule has 0 saturated carbocycles. The molecule has 1 saturated heterocycles. The maximum absolute atomic E-state index is 12.5. The number of rotatable bonds is 4. The number of aliphatic hydroxyl groups excluding tert-OH is 1. The quantitative estimate of drug-likeness (QED) is 0.849. The SMILES string of the molecule is C[C@@H](Sc1cc(Cl)ccc1Cl)C(=O)N1CCO[C@@H](CO)C1. The molecule has 0 unspecified atom stereocenters. The number of halogens is 2. The Morgan fingerprint density at radius 3 is 3.05 bits per heavy atom. The normalized spacial score (nSPS) is 20.4. The van der Waals surface area contributed by atoms with Gasteiger partial charge in [-0.2, -0.15) is 0 Å². The Hall–Kier alpha value is -0.460. The van der Waals surface area contributed by atoms with Crippen LogP contribution in [-0.4, -0.2) is 53.6 Å². The van der Waals surface area contributed by atoms with Gasteiger partial charge in [-0.25, -0.2) is 0 Å². The highest BCUT2D eigenvalue weighted by Crippen LogP contribution is 2.33. The third kappa shape index (κ3) is 4.50. The fourth-order valence-corrected chi connectivity index (χ4v) is 3.59. The monoisotopic (exact) mass is 349 g/mol. The van der Waals surface area contributed by atoms with Crippen LogP contribution < -0.4 is 0 Å². The summed E-state index contributed by atoms with van der Waals surface area (Å²) in [6.07, 6.45) is -0.297. The van der Waals surface area contributed by atoms with E-state index in [4.69, 9.17) is 33.0 Å². The van der Waals surface area contributed by atoms with Crippen LogP contribution in [0.1, 0.15) is 6.92 Å². The van der Waals surface area contributed by atoms with E-state index in [9.17, 15) is 4.79 Å². The van der Waals surface area contributed by atoms with E-state index in [0.717, 1.165) is 4.90 Å². The third-order valence-corrected chi connectivity index (χ3v) is 5.02. The molecule has 0 radical (unpaired) electrons. The third-order valence-electron chi connectivity index (χ3n) is 3.20. The Bertz CT molecular complexity index is 515. The second-order valence-corrected chi connectivity index (χ2v) is 7.02. The van der Waals surface area contributed by atoms with Gasteiger partial charge in [-0.15, -0.1) is 11.8 Å². The van der Waals surface area contributed by atoms with E-state index in [1.807, 2.05) is 6.92 Å². The molecule has 2 atom stereocenters. The standard InChI is InChI=1S/C14H17Cl2NO3S/c1-9(21-13-6-10(15)2-3-12(13)16)14(19)17-4-5-20-11(7-17)8-18/h2-3,6,9,11,18H,4-5,7-8H2,1H3/t9-,11-/m1/s1. The minimum atomic E-state index is -0.297. The molecule has 0 aliphatic carbocycles. The van der Waals surface area contributed by atoms with Crippen LogP contribution in [0.15, 0.2) is 23.1 Å². The van der Waals surface area contributed by atoms with Crippen molar-refractivity contribution in [3.8, 4) is 0 Å². The number of hydrogen-bond donors (Lipinski definition) is 1. The fraction of sp³-hybridized carbons (Fsp3) is 0.500. The van der Waals surface area contributed by atoms with Crippen LogP contribution in [0.5, 0.6) is 0 Å². The predicted octanol–water partition coefficient (Wildman–Crippen LogP) is 2.69. The zero-order valence-electron chi connectivity index (χ0n) is 11.6. The maximum Gasteiger partial charge on any atom is 0.235 e. The lowest BCUT2D eigenvalue weighted by atomic mass is 10.2. The molecular weight excluding hydrogens is 333 g/mol. The first-order valence-corrected chi connectivity index (χ1v) is 8.27. The van der Waals surface area contributed by atoms with Crippen LogP contribution >= 0.6 is 35.0 Å². The fourth-order valence-electron chi connectivity index (χ4n) is 2.10. The molecular formula is C14H17Cl2NO3S. The first-order chi connectivity index (χ1) is 10.0. The molecule has 1 aliphatic heterocycles. The molecule has 1 N–H and O–H groups in total. The number of hydrogen-bond acceptors (Lipinski definition) is 4. The molecule has 1 amide bonds. The predicted molar refractivity (Wildman–Crippen MR) is 85.2 cm³/mol. The average molecular weight is 350 g/mol. The number of benzene rings is 1. The van der Waals surface area contributed by atoms with Gasteiger partial charge in [0.2, 0.25) is 5.91 Å². The molecule has 7 heteroatoms. The van der Waals surface area contributed by atoms with Crippen molar-refractivity contribution in [2.45, 2.75) is 23.2 Å². The van der Waals surface area contributed by atoms with Gasteiger partial charge in [0.05, 0.1) is 29.6 Å². The highest BCUT2D eigenvalue weighted by atomic mass is 35.5. The van der Waals surface area contributed by atoms with Gasteiger partial charge in [-0.05, 0) is 25.1 Å². The number of ether oxygens (including phenoxy) is 1. The van der Waals surface area contributed by atoms with E-state index in [2.05, 4.69) is 0 Å². The Kier molecular flexibility index (Phi) is 6.20. The number of aliphatic hydroxyl groups is 1. The summed E-state index contributed by atoms with van der Waals surface area (Å²) >= 11 is 13.5. The highest BCUT2D eigenvalue weighted by molar-refractivity contribution is 8.00. The summed E-state index contributed by atoms with van der Waals surface area (Å²) in [6.45, 7) is 3.18. The Morgan fingerprint density at radius 1 is 1.57 bits per heavy atom. The van der Waals surface area contributed by atoms with Gasteiger partial charge in [0.15, 0.2) is 0 Å². The summed E-state index contributed by atoms with van der Waals surface area (Å²) in [5, 5.41) is 10.0. The highest BCUT2D eigenvalue weighted by Gasteiger charge is 2.27. The van der Waals surface area contributed by atoms with Gasteiger partial charge in [0, 0.05) is 23.0 Å². The smallest absolute Gasteiger partial charge is 0.235 e. The van der Waals surface area contributed by atoms with E-state index >= 15 is 0 Å². The van der Waals surface area contributed by atoms with E-state index in [1.54, 1.807) is 23.1 Å². The minimum absolute atomic E-state index is 0.0118. The van der Waals surface area contributed by atoms with Crippen LogP contribution in [0, 0.1) is 0 Å². The molecule has 1 aromatic carbocycles. The summed E-state index contributed by atoms with van der Waals surface area (Å²) in [4.78, 5) is 15.0. The number of morpholine rings is 1. The number of thioether (sulfide) groups is 1. The molecule has 2 rings (SSSR count). The maximum atomic E-state index is 12.5. The lowest BCUT2D eigenvalue weighted by Gasteiger charge is -2.33. The molecule has 1 aliphatic rings. The van der Waals surface area contributed by atoms with Crippen LogP contribution in [0.2, 0.25) is 10.0 Å². The molecule has 1 fully saturated rings. The first kappa shape index (κ1) is 16.9. The van der Waals surface area contributed by atoms with Crippen molar-refractivity contribution in [1.29, 1.82) is 0 Å². The van der Waals surface area contributed by atoms with Gasteiger partial charge in [0.25, 0.3) is 0 Å². The molecule has 0 aromatic heterocycles. The van der Waals surface area contributed by atoms with Gasteiger partial charge < -0.3 is 14.7 Å².